The molecule has 27 heavy (non-hydrogen) atoms. The van der Waals surface area contributed by atoms with Crippen molar-refractivity contribution in [3.05, 3.63) is 53.9 Å². The highest BCUT2D eigenvalue weighted by molar-refractivity contribution is 5.91. The fraction of sp³-hybridized carbons (Fsp3) is 0.350. The van der Waals surface area contributed by atoms with Crippen molar-refractivity contribution in [2.24, 2.45) is 0 Å². The number of anilines is 1. The Morgan fingerprint density at radius 1 is 1.26 bits per heavy atom. The van der Waals surface area contributed by atoms with Crippen LogP contribution in [0.4, 0.5) is 5.82 Å². The molecule has 0 atom stereocenters. The van der Waals surface area contributed by atoms with Crippen molar-refractivity contribution in [1.29, 1.82) is 0 Å². The van der Waals surface area contributed by atoms with Gasteiger partial charge in [0.25, 0.3) is 0 Å². The maximum absolute atomic E-state index is 11.8. The van der Waals surface area contributed by atoms with Crippen molar-refractivity contribution in [2.45, 2.75) is 6.92 Å². The highest BCUT2D eigenvalue weighted by atomic mass is 16.5. The molecule has 1 aromatic carbocycles. The molecule has 0 bridgehead atoms. The van der Waals surface area contributed by atoms with Gasteiger partial charge in [-0.2, -0.15) is 4.98 Å². The van der Waals surface area contributed by atoms with E-state index in [2.05, 4.69) is 20.2 Å². The van der Waals surface area contributed by atoms with Gasteiger partial charge in [-0.15, -0.1) is 0 Å². The molecule has 1 N–H and O–H groups in total. The van der Waals surface area contributed by atoms with Crippen molar-refractivity contribution >= 4 is 17.8 Å². The van der Waals surface area contributed by atoms with Crippen molar-refractivity contribution in [1.82, 2.24) is 15.3 Å². The number of amides is 1. The van der Waals surface area contributed by atoms with Crippen molar-refractivity contribution in [3.63, 3.8) is 0 Å². The smallest absolute Gasteiger partial charge is 0.244 e. The van der Waals surface area contributed by atoms with Crippen molar-refractivity contribution in [3.8, 4) is 5.88 Å². The third-order valence-electron chi connectivity index (χ3n) is 4.01. The first-order valence-corrected chi connectivity index (χ1v) is 9.03. The molecular formula is C20H24N4O3. The van der Waals surface area contributed by atoms with Crippen LogP contribution in [0.1, 0.15) is 11.4 Å². The first-order valence-electron chi connectivity index (χ1n) is 9.03. The molecule has 7 nitrogen and oxygen atoms in total. The molecule has 0 spiro atoms. The minimum atomic E-state index is -0.157. The normalized spacial score (nSPS) is 14.3. The van der Waals surface area contributed by atoms with Gasteiger partial charge in [0.1, 0.15) is 18.2 Å². The van der Waals surface area contributed by atoms with Crippen LogP contribution in [-0.2, 0) is 9.53 Å². The predicted octanol–water partition coefficient (Wildman–Crippen LogP) is 1.83. The van der Waals surface area contributed by atoms with E-state index in [0.717, 1.165) is 24.5 Å². The summed E-state index contributed by atoms with van der Waals surface area (Å²) < 4.78 is 11.1. The van der Waals surface area contributed by atoms with Crippen LogP contribution in [0.3, 0.4) is 0 Å². The molecule has 1 aromatic heterocycles. The number of carbonyl (C=O) groups excluding carboxylic acids is 1. The maximum Gasteiger partial charge on any atom is 0.244 e. The Morgan fingerprint density at radius 2 is 2.04 bits per heavy atom. The van der Waals surface area contributed by atoms with E-state index in [1.165, 1.54) is 6.08 Å². The molecule has 1 amide bonds. The SMILES string of the molecule is Cc1nc(OCCNC(=O)/C=C/c2ccccc2)cc(N2CCOCC2)n1. The molecule has 142 valence electrons. The lowest BCUT2D eigenvalue weighted by Gasteiger charge is -2.28. The lowest BCUT2D eigenvalue weighted by molar-refractivity contribution is -0.116. The van der Waals surface area contributed by atoms with E-state index in [9.17, 15) is 4.79 Å². The Hall–Kier alpha value is -2.93. The first kappa shape index (κ1) is 18.8. The van der Waals surface area contributed by atoms with E-state index in [-0.39, 0.29) is 5.91 Å². The van der Waals surface area contributed by atoms with E-state index >= 15 is 0 Å². The molecule has 0 radical (unpaired) electrons. The Kier molecular flexibility index (Phi) is 6.76. The fourth-order valence-electron chi connectivity index (χ4n) is 2.68. The van der Waals surface area contributed by atoms with Gasteiger partial charge in [0, 0.05) is 25.2 Å². The number of hydrogen-bond acceptors (Lipinski definition) is 6. The quantitative estimate of drug-likeness (QED) is 0.594. The number of aromatic nitrogens is 2. The van der Waals surface area contributed by atoms with Crippen LogP contribution in [0.25, 0.3) is 6.08 Å². The number of nitrogens with one attached hydrogen (secondary N) is 1. The summed E-state index contributed by atoms with van der Waals surface area (Å²) >= 11 is 0. The number of benzene rings is 1. The minimum Gasteiger partial charge on any atom is -0.476 e. The Bertz CT molecular complexity index is 774. The van der Waals surface area contributed by atoms with Gasteiger partial charge >= 0.3 is 0 Å². The van der Waals surface area contributed by atoms with E-state index in [4.69, 9.17) is 9.47 Å². The summed E-state index contributed by atoms with van der Waals surface area (Å²) in [6, 6.07) is 11.5. The summed E-state index contributed by atoms with van der Waals surface area (Å²) in [5.74, 6) is 1.85. The number of nitrogens with zero attached hydrogens (tertiary/aromatic N) is 3. The monoisotopic (exact) mass is 368 g/mol. The molecule has 0 saturated carbocycles. The average molecular weight is 368 g/mol. The van der Waals surface area contributed by atoms with E-state index in [0.29, 0.717) is 38.1 Å². The van der Waals surface area contributed by atoms with Crippen LogP contribution in [0.5, 0.6) is 5.88 Å². The Balaban J connectivity index is 1.45. The largest absolute Gasteiger partial charge is 0.476 e. The maximum atomic E-state index is 11.8. The number of aryl methyl sites for hydroxylation is 1. The topological polar surface area (TPSA) is 76.6 Å². The minimum absolute atomic E-state index is 0.157. The Morgan fingerprint density at radius 3 is 2.81 bits per heavy atom. The molecule has 2 aromatic rings. The molecular weight excluding hydrogens is 344 g/mol. The average Bonchev–Trinajstić information content (AvgIpc) is 2.71. The zero-order valence-electron chi connectivity index (χ0n) is 15.4. The lowest BCUT2D eigenvalue weighted by atomic mass is 10.2. The Labute approximate surface area is 159 Å². The molecule has 0 aliphatic carbocycles. The molecule has 3 rings (SSSR count). The number of rotatable bonds is 7. The summed E-state index contributed by atoms with van der Waals surface area (Å²) in [7, 11) is 0. The summed E-state index contributed by atoms with van der Waals surface area (Å²) in [5.41, 5.74) is 0.982. The van der Waals surface area contributed by atoms with E-state index < -0.39 is 0 Å². The van der Waals surface area contributed by atoms with Crippen LogP contribution >= 0.6 is 0 Å². The third-order valence-corrected chi connectivity index (χ3v) is 4.01. The summed E-state index contributed by atoms with van der Waals surface area (Å²) in [4.78, 5) is 22.8. The molecule has 1 aliphatic heterocycles. The fourth-order valence-corrected chi connectivity index (χ4v) is 2.68. The number of morpholine rings is 1. The van der Waals surface area contributed by atoms with Gasteiger partial charge in [-0.05, 0) is 18.6 Å². The lowest BCUT2D eigenvalue weighted by Crippen LogP contribution is -2.37. The first-order chi connectivity index (χ1) is 13.2. The third kappa shape index (κ3) is 6.07. The van der Waals surface area contributed by atoms with Crippen molar-refractivity contribution < 1.29 is 14.3 Å². The molecule has 0 unspecified atom stereocenters. The van der Waals surface area contributed by atoms with E-state index in [1.807, 2.05) is 43.3 Å². The van der Waals surface area contributed by atoms with Gasteiger partial charge in [-0.1, -0.05) is 30.3 Å². The van der Waals surface area contributed by atoms with Gasteiger partial charge in [-0.25, -0.2) is 4.98 Å². The highest BCUT2D eigenvalue weighted by Crippen LogP contribution is 2.18. The highest BCUT2D eigenvalue weighted by Gasteiger charge is 2.14. The molecule has 1 aliphatic rings. The van der Waals surface area contributed by atoms with E-state index in [1.54, 1.807) is 6.08 Å². The predicted molar refractivity (Wildman–Crippen MR) is 104 cm³/mol. The van der Waals surface area contributed by atoms with Crippen LogP contribution in [0, 0.1) is 6.92 Å². The van der Waals surface area contributed by atoms with Gasteiger partial charge in [0.2, 0.25) is 11.8 Å². The second kappa shape index (κ2) is 9.68. The molecule has 1 fully saturated rings. The number of carbonyl (C=O) groups is 1. The summed E-state index contributed by atoms with van der Waals surface area (Å²) in [6.07, 6.45) is 3.29. The summed E-state index contributed by atoms with van der Waals surface area (Å²) in [5, 5.41) is 2.79. The van der Waals surface area contributed by atoms with Crippen LogP contribution in [0.15, 0.2) is 42.5 Å². The van der Waals surface area contributed by atoms with Gasteiger partial charge in [0.15, 0.2) is 0 Å². The zero-order chi connectivity index (χ0) is 18.9. The van der Waals surface area contributed by atoms with Gasteiger partial charge in [-0.3, -0.25) is 4.79 Å². The number of hydrogen-bond donors (Lipinski definition) is 1. The molecule has 2 heterocycles. The second-order valence-electron chi connectivity index (χ2n) is 6.09. The van der Waals surface area contributed by atoms with Crippen LogP contribution in [-0.4, -0.2) is 55.3 Å². The van der Waals surface area contributed by atoms with Crippen molar-refractivity contribution in [2.75, 3.05) is 44.4 Å². The molecule has 7 heteroatoms. The summed E-state index contributed by atoms with van der Waals surface area (Å²) in [6.45, 7) is 5.58. The zero-order valence-corrected chi connectivity index (χ0v) is 15.4. The van der Waals surface area contributed by atoms with Crippen LogP contribution < -0.4 is 15.0 Å². The van der Waals surface area contributed by atoms with Crippen LogP contribution in [0.2, 0.25) is 0 Å². The van der Waals surface area contributed by atoms with Gasteiger partial charge in [0.05, 0.1) is 19.8 Å². The number of ether oxygens (including phenoxy) is 2. The standard InChI is InChI=1S/C20H24N4O3/c1-16-22-18(24-10-13-26-14-11-24)15-20(23-16)27-12-9-21-19(25)8-7-17-5-3-2-4-6-17/h2-8,15H,9-14H2,1H3,(H,21,25)/b8-7+. The second-order valence-corrected chi connectivity index (χ2v) is 6.09. The molecule has 1 saturated heterocycles. The van der Waals surface area contributed by atoms with Gasteiger partial charge < -0.3 is 19.7 Å².